The molecule has 84 valence electrons. The molecular weight excluding hydrogens is 228 g/mol. The highest BCUT2D eigenvalue weighted by Gasteiger charge is 2.12. The smallest absolute Gasteiger partial charge is 0.162 e. The Morgan fingerprint density at radius 3 is 2.69 bits per heavy atom. The molecule has 1 N–H and O–H groups in total. The van der Waals surface area contributed by atoms with Crippen molar-refractivity contribution in [2.45, 2.75) is 0 Å². The van der Waals surface area contributed by atoms with Crippen molar-refractivity contribution in [1.29, 1.82) is 0 Å². The standard InChI is InChI=1S/C11H10N2O2.ClH/c1-2-9-10(15-6-5-14-9)7-8(1)11-12-3-4-13-11;/h1-4,7H,5-6H2,(H,12,13);1H. The van der Waals surface area contributed by atoms with Gasteiger partial charge in [-0.05, 0) is 18.2 Å². The Balaban J connectivity index is 0.000000963. The molecule has 2 aromatic rings. The van der Waals surface area contributed by atoms with Crippen LogP contribution in [-0.2, 0) is 0 Å². The first kappa shape index (κ1) is 10.8. The molecule has 0 radical (unpaired) electrons. The van der Waals surface area contributed by atoms with Gasteiger partial charge in [0.2, 0.25) is 0 Å². The number of halogens is 1. The van der Waals surface area contributed by atoms with Crippen LogP contribution in [0.1, 0.15) is 0 Å². The summed E-state index contributed by atoms with van der Waals surface area (Å²) in [5, 5.41) is 0. The molecular formula is C11H11ClN2O2. The zero-order valence-corrected chi connectivity index (χ0v) is 9.29. The minimum absolute atomic E-state index is 0. The van der Waals surface area contributed by atoms with Crippen molar-refractivity contribution in [3.05, 3.63) is 30.6 Å². The molecule has 1 aliphatic heterocycles. The number of ether oxygens (including phenoxy) is 2. The van der Waals surface area contributed by atoms with Crippen molar-refractivity contribution in [1.82, 2.24) is 9.97 Å². The third kappa shape index (κ3) is 1.84. The van der Waals surface area contributed by atoms with E-state index in [1.165, 1.54) is 0 Å². The molecule has 0 unspecified atom stereocenters. The van der Waals surface area contributed by atoms with Gasteiger partial charge in [-0.15, -0.1) is 12.4 Å². The number of rotatable bonds is 1. The molecule has 1 aliphatic rings. The topological polar surface area (TPSA) is 47.1 Å². The molecule has 3 rings (SSSR count). The summed E-state index contributed by atoms with van der Waals surface area (Å²) in [6.07, 6.45) is 3.53. The van der Waals surface area contributed by atoms with Gasteiger partial charge in [0.1, 0.15) is 19.0 Å². The zero-order valence-electron chi connectivity index (χ0n) is 8.47. The fourth-order valence-electron chi connectivity index (χ4n) is 1.61. The lowest BCUT2D eigenvalue weighted by Crippen LogP contribution is -2.15. The fourth-order valence-corrected chi connectivity index (χ4v) is 1.61. The summed E-state index contributed by atoms with van der Waals surface area (Å²) in [6, 6.07) is 5.81. The largest absolute Gasteiger partial charge is 0.486 e. The van der Waals surface area contributed by atoms with Crippen LogP contribution in [0, 0.1) is 0 Å². The van der Waals surface area contributed by atoms with E-state index in [1.54, 1.807) is 12.4 Å². The van der Waals surface area contributed by atoms with Gasteiger partial charge in [-0.3, -0.25) is 0 Å². The van der Waals surface area contributed by atoms with E-state index in [1.807, 2.05) is 18.2 Å². The predicted octanol–water partition coefficient (Wildman–Crippen LogP) is 2.27. The maximum absolute atomic E-state index is 5.50. The summed E-state index contributed by atoms with van der Waals surface area (Å²) in [6.45, 7) is 1.22. The lowest BCUT2D eigenvalue weighted by Gasteiger charge is -2.18. The first-order chi connectivity index (χ1) is 7.43. The number of hydrogen-bond acceptors (Lipinski definition) is 3. The highest BCUT2D eigenvalue weighted by atomic mass is 35.5. The van der Waals surface area contributed by atoms with E-state index in [4.69, 9.17) is 9.47 Å². The lowest BCUT2D eigenvalue weighted by molar-refractivity contribution is 0.171. The van der Waals surface area contributed by atoms with Gasteiger partial charge in [-0.1, -0.05) is 0 Å². The number of fused-ring (bicyclic) bond motifs is 1. The van der Waals surface area contributed by atoms with Gasteiger partial charge in [0.15, 0.2) is 11.5 Å². The number of imidazole rings is 1. The Morgan fingerprint density at radius 2 is 1.94 bits per heavy atom. The first-order valence-corrected chi connectivity index (χ1v) is 4.83. The molecule has 1 aromatic heterocycles. The summed E-state index contributed by atoms with van der Waals surface area (Å²) in [5.74, 6) is 2.43. The average molecular weight is 239 g/mol. The van der Waals surface area contributed by atoms with Crippen molar-refractivity contribution in [2.75, 3.05) is 13.2 Å². The average Bonchev–Trinajstić information content (AvgIpc) is 2.82. The number of aromatic amines is 1. The molecule has 5 heteroatoms. The van der Waals surface area contributed by atoms with Crippen LogP contribution < -0.4 is 9.47 Å². The van der Waals surface area contributed by atoms with E-state index < -0.39 is 0 Å². The molecule has 0 fully saturated rings. The molecule has 1 aromatic carbocycles. The van der Waals surface area contributed by atoms with Gasteiger partial charge in [0, 0.05) is 18.0 Å². The molecule has 0 bridgehead atoms. The Morgan fingerprint density at radius 1 is 1.12 bits per heavy atom. The summed E-state index contributed by atoms with van der Waals surface area (Å²) in [5.41, 5.74) is 1.00. The van der Waals surface area contributed by atoms with E-state index >= 15 is 0 Å². The van der Waals surface area contributed by atoms with E-state index in [0.717, 1.165) is 22.9 Å². The summed E-state index contributed by atoms with van der Waals surface area (Å²) < 4.78 is 10.9. The van der Waals surface area contributed by atoms with E-state index in [0.29, 0.717) is 13.2 Å². The monoisotopic (exact) mass is 238 g/mol. The number of aromatic nitrogens is 2. The van der Waals surface area contributed by atoms with Gasteiger partial charge < -0.3 is 14.5 Å². The minimum Gasteiger partial charge on any atom is -0.486 e. The second-order valence-corrected chi connectivity index (χ2v) is 3.30. The van der Waals surface area contributed by atoms with Crippen molar-refractivity contribution in [3.8, 4) is 22.9 Å². The normalized spacial score (nSPS) is 13.0. The number of hydrogen-bond donors (Lipinski definition) is 1. The first-order valence-electron chi connectivity index (χ1n) is 4.83. The fraction of sp³-hybridized carbons (Fsp3) is 0.182. The summed E-state index contributed by atoms with van der Waals surface area (Å²) in [4.78, 5) is 7.24. The van der Waals surface area contributed by atoms with Crippen molar-refractivity contribution in [2.24, 2.45) is 0 Å². The van der Waals surface area contributed by atoms with Crippen LogP contribution in [0.3, 0.4) is 0 Å². The van der Waals surface area contributed by atoms with Crippen molar-refractivity contribution < 1.29 is 9.47 Å². The van der Waals surface area contributed by atoms with Crippen molar-refractivity contribution in [3.63, 3.8) is 0 Å². The van der Waals surface area contributed by atoms with Crippen LogP contribution in [0.2, 0.25) is 0 Å². The molecule has 0 saturated heterocycles. The molecule has 0 amide bonds. The van der Waals surface area contributed by atoms with E-state index in [-0.39, 0.29) is 12.4 Å². The Labute approximate surface area is 99.0 Å². The lowest BCUT2D eigenvalue weighted by atomic mass is 10.2. The van der Waals surface area contributed by atoms with Crippen molar-refractivity contribution >= 4 is 12.4 Å². The maximum atomic E-state index is 5.50. The second kappa shape index (κ2) is 4.45. The second-order valence-electron chi connectivity index (χ2n) is 3.30. The van der Waals surface area contributed by atoms with E-state index in [9.17, 15) is 0 Å². The molecule has 0 spiro atoms. The highest BCUT2D eigenvalue weighted by Crippen LogP contribution is 2.33. The van der Waals surface area contributed by atoms with Crippen LogP contribution in [0.25, 0.3) is 11.4 Å². The van der Waals surface area contributed by atoms with Gasteiger partial charge in [0.25, 0.3) is 0 Å². The number of nitrogens with one attached hydrogen (secondary N) is 1. The predicted molar refractivity (Wildman–Crippen MR) is 62.3 cm³/mol. The molecule has 16 heavy (non-hydrogen) atoms. The highest BCUT2D eigenvalue weighted by molar-refractivity contribution is 5.85. The number of benzene rings is 1. The van der Waals surface area contributed by atoms with Crippen LogP contribution in [-0.4, -0.2) is 23.2 Å². The van der Waals surface area contributed by atoms with Crippen LogP contribution in [0.15, 0.2) is 30.6 Å². The third-order valence-electron chi connectivity index (χ3n) is 2.31. The SMILES string of the molecule is Cl.c1c[nH]c(-c2ccc3c(c2)OCCO3)n1. The number of H-pyrrole nitrogens is 1. The maximum Gasteiger partial charge on any atom is 0.162 e. The Kier molecular flexibility index (Phi) is 3.01. The molecule has 0 saturated carbocycles. The Hall–Kier alpha value is -1.68. The van der Waals surface area contributed by atoms with Gasteiger partial charge in [0.05, 0.1) is 0 Å². The minimum atomic E-state index is 0. The number of nitrogens with zero attached hydrogens (tertiary/aromatic N) is 1. The van der Waals surface area contributed by atoms with Crippen LogP contribution in [0.5, 0.6) is 11.5 Å². The van der Waals surface area contributed by atoms with Crippen LogP contribution in [0.4, 0.5) is 0 Å². The molecule has 0 atom stereocenters. The van der Waals surface area contributed by atoms with Gasteiger partial charge >= 0.3 is 0 Å². The zero-order chi connectivity index (χ0) is 10.1. The van der Waals surface area contributed by atoms with Crippen LogP contribution >= 0.6 is 12.4 Å². The molecule has 0 aliphatic carbocycles. The Bertz CT molecular complexity index is 471. The van der Waals surface area contributed by atoms with Gasteiger partial charge in [-0.2, -0.15) is 0 Å². The third-order valence-corrected chi connectivity index (χ3v) is 2.31. The summed E-state index contributed by atoms with van der Waals surface area (Å²) >= 11 is 0. The van der Waals surface area contributed by atoms with Gasteiger partial charge in [-0.25, -0.2) is 4.98 Å². The summed E-state index contributed by atoms with van der Waals surface area (Å²) in [7, 11) is 0. The molecule has 2 heterocycles. The van der Waals surface area contributed by atoms with E-state index in [2.05, 4.69) is 9.97 Å². The molecule has 4 nitrogen and oxygen atoms in total. The quantitative estimate of drug-likeness (QED) is 0.829.